The van der Waals surface area contributed by atoms with Crippen LogP contribution in [0.2, 0.25) is 0 Å². The summed E-state index contributed by atoms with van der Waals surface area (Å²) in [5, 5.41) is 27.4. The number of aromatic nitrogens is 3. The number of hydrogen-bond acceptors (Lipinski definition) is 6. The Bertz CT molecular complexity index is 1260. The molecular weight excluding hydrogens is 432 g/mol. The summed E-state index contributed by atoms with van der Waals surface area (Å²) >= 11 is 0. The van der Waals surface area contributed by atoms with E-state index in [1.165, 1.54) is 4.90 Å². The summed E-state index contributed by atoms with van der Waals surface area (Å²) in [7, 11) is 0. The van der Waals surface area contributed by atoms with Crippen LogP contribution in [-0.2, 0) is 6.42 Å². The number of ether oxygens (including phenoxy) is 1. The normalized spacial score (nSPS) is 18.2. The quantitative estimate of drug-likeness (QED) is 0.597. The Balaban J connectivity index is 1.63. The Morgan fingerprint density at radius 1 is 1.26 bits per heavy atom. The summed E-state index contributed by atoms with van der Waals surface area (Å²) in [4.78, 5) is 17.7. The standard InChI is InChI=1S/C25H26N6O3/c1-16-4-5-21-22(31(16)25(32)33)7-6-20(23(21)34-24-17(13-26)3-2-10-28-24)18-14-29-30(15-18)19-8-11-27-12-9-19/h2-3,6-7,10,14-16,19,27H,4-5,8-9,11-12H2,1H3,(H,32,33)/t16-/m0/s1. The maximum Gasteiger partial charge on any atom is 0.412 e. The molecule has 3 aromatic rings. The van der Waals surface area contributed by atoms with Crippen LogP contribution in [0.15, 0.2) is 42.9 Å². The van der Waals surface area contributed by atoms with Crippen LogP contribution < -0.4 is 15.0 Å². The highest BCUT2D eigenvalue weighted by molar-refractivity contribution is 5.91. The molecule has 1 atom stereocenters. The maximum absolute atomic E-state index is 12.0. The second kappa shape index (κ2) is 9.15. The smallest absolute Gasteiger partial charge is 0.412 e. The van der Waals surface area contributed by atoms with Crippen molar-refractivity contribution in [3.8, 4) is 28.8 Å². The Labute approximate surface area is 197 Å². The van der Waals surface area contributed by atoms with Crippen LogP contribution in [0.1, 0.15) is 43.4 Å². The molecule has 0 spiro atoms. The molecule has 9 nitrogen and oxygen atoms in total. The molecule has 1 amide bonds. The summed E-state index contributed by atoms with van der Waals surface area (Å²) in [6.45, 7) is 3.83. The first-order valence-corrected chi connectivity index (χ1v) is 11.5. The molecule has 9 heteroatoms. The number of amides is 1. The number of benzene rings is 1. The molecule has 34 heavy (non-hydrogen) atoms. The molecule has 1 saturated heterocycles. The zero-order valence-corrected chi connectivity index (χ0v) is 18.9. The summed E-state index contributed by atoms with van der Waals surface area (Å²) in [6.07, 6.45) is 7.77. The second-order valence-electron chi connectivity index (χ2n) is 8.74. The number of nitrogens with one attached hydrogen (secondary N) is 1. The molecule has 2 N–H and O–H groups in total. The van der Waals surface area contributed by atoms with Crippen LogP contribution in [0.4, 0.5) is 10.5 Å². The lowest BCUT2D eigenvalue weighted by atomic mass is 9.92. The highest BCUT2D eigenvalue weighted by atomic mass is 16.5. The second-order valence-corrected chi connectivity index (χ2v) is 8.74. The zero-order valence-electron chi connectivity index (χ0n) is 18.9. The van der Waals surface area contributed by atoms with Gasteiger partial charge >= 0.3 is 6.09 Å². The number of nitriles is 1. The molecule has 1 fully saturated rings. The minimum atomic E-state index is -0.999. The SMILES string of the molecule is C[C@H]1CCc2c(ccc(-c3cnn(C4CCNCC4)c3)c2Oc2ncccc2C#N)N1C(=O)O. The van der Waals surface area contributed by atoms with Gasteiger partial charge in [-0.05, 0) is 70.0 Å². The third-order valence-electron chi connectivity index (χ3n) is 6.64. The minimum absolute atomic E-state index is 0.143. The average molecular weight is 459 g/mol. The lowest BCUT2D eigenvalue weighted by Crippen LogP contribution is -2.41. The number of anilines is 1. The van der Waals surface area contributed by atoms with E-state index >= 15 is 0 Å². The molecule has 0 aliphatic carbocycles. The van der Waals surface area contributed by atoms with Gasteiger partial charge in [-0.3, -0.25) is 9.58 Å². The van der Waals surface area contributed by atoms with Gasteiger partial charge in [0.15, 0.2) is 0 Å². The zero-order chi connectivity index (χ0) is 23.7. The van der Waals surface area contributed by atoms with Gasteiger partial charge in [0.05, 0.1) is 17.9 Å². The fraction of sp³-hybridized carbons (Fsp3) is 0.360. The average Bonchev–Trinajstić information content (AvgIpc) is 3.35. The minimum Gasteiger partial charge on any atom is -0.465 e. The Kier molecular flexibility index (Phi) is 5.90. The van der Waals surface area contributed by atoms with E-state index in [0.29, 0.717) is 35.9 Å². The third kappa shape index (κ3) is 3.97. The lowest BCUT2D eigenvalue weighted by molar-refractivity contribution is 0.198. The molecular formula is C25H26N6O3. The van der Waals surface area contributed by atoms with Gasteiger partial charge in [-0.15, -0.1) is 0 Å². The summed E-state index contributed by atoms with van der Waals surface area (Å²) in [5.41, 5.74) is 3.39. The number of pyridine rings is 1. The van der Waals surface area contributed by atoms with Crippen molar-refractivity contribution in [2.24, 2.45) is 0 Å². The highest BCUT2D eigenvalue weighted by Crippen LogP contribution is 2.45. The Hall–Kier alpha value is -3.90. The van der Waals surface area contributed by atoms with Crippen LogP contribution in [0.25, 0.3) is 11.1 Å². The first kappa shape index (κ1) is 21.9. The van der Waals surface area contributed by atoms with Gasteiger partial charge in [0.2, 0.25) is 5.88 Å². The first-order valence-electron chi connectivity index (χ1n) is 11.5. The van der Waals surface area contributed by atoms with E-state index in [2.05, 4.69) is 21.5 Å². The third-order valence-corrected chi connectivity index (χ3v) is 6.64. The predicted octanol–water partition coefficient (Wildman–Crippen LogP) is 4.35. The van der Waals surface area contributed by atoms with E-state index in [4.69, 9.17) is 4.74 Å². The summed E-state index contributed by atoms with van der Waals surface area (Å²) in [6, 6.07) is 9.36. The van der Waals surface area contributed by atoms with E-state index in [9.17, 15) is 15.2 Å². The van der Waals surface area contributed by atoms with Crippen molar-refractivity contribution < 1.29 is 14.6 Å². The molecule has 174 valence electrons. The van der Waals surface area contributed by atoms with Gasteiger partial charge in [-0.25, -0.2) is 9.78 Å². The lowest BCUT2D eigenvalue weighted by Gasteiger charge is -2.34. The monoisotopic (exact) mass is 458 g/mol. The van der Waals surface area contributed by atoms with Gasteiger partial charge < -0.3 is 15.2 Å². The van der Waals surface area contributed by atoms with Crippen LogP contribution in [0.5, 0.6) is 11.6 Å². The molecule has 0 radical (unpaired) electrons. The predicted molar refractivity (Wildman–Crippen MR) is 126 cm³/mol. The van der Waals surface area contributed by atoms with E-state index < -0.39 is 6.09 Å². The molecule has 0 saturated carbocycles. The van der Waals surface area contributed by atoms with Gasteiger partial charge in [0.25, 0.3) is 0 Å². The van der Waals surface area contributed by atoms with Crippen molar-refractivity contribution in [2.75, 3.05) is 18.0 Å². The Morgan fingerprint density at radius 3 is 2.85 bits per heavy atom. The molecule has 4 heterocycles. The van der Waals surface area contributed by atoms with Crippen molar-refractivity contribution in [3.63, 3.8) is 0 Å². The van der Waals surface area contributed by atoms with Crippen molar-refractivity contribution in [1.82, 2.24) is 20.1 Å². The van der Waals surface area contributed by atoms with Gasteiger partial charge in [-0.2, -0.15) is 10.4 Å². The number of piperidine rings is 1. The number of rotatable bonds is 4. The van der Waals surface area contributed by atoms with Gasteiger partial charge in [0, 0.05) is 35.1 Å². The fourth-order valence-corrected chi connectivity index (χ4v) is 4.84. The molecule has 2 aliphatic rings. The van der Waals surface area contributed by atoms with E-state index in [1.54, 1.807) is 18.3 Å². The van der Waals surface area contributed by atoms with Crippen LogP contribution >= 0.6 is 0 Å². The highest BCUT2D eigenvalue weighted by Gasteiger charge is 2.32. The molecule has 2 aromatic heterocycles. The largest absolute Gasteiger partial charge is 0.465 e. The summed E-state index contributed by atoms with van der Waals surface area (Å²) in [5.74, 6) is 0.724. The molecule has 0 unspecified atom stereocenters. The number of carbonyl (C=O) groups is 1. The molecule has 2 aliphatic heterocycles. The Morgan fingerprint density at radius 2 is 2.09 bits per heavy atom. The van der Waals surface area contributed by atoms with Gasteiger partial charge in [0.1, 0.15) is 17.4 Å². The fourth-order valence-electron chi connectivity index (χ4n) is 4.84. The molecule has 5 rings (SSSR count). The first-order chi connectivity index (χ1) is 16.6. The number of nitrogens with zero attached hydrogens (tertiary/aromatic N) is 5. The van der Waals surface area contributed by atoms with Crippen molar-refractivity contribution >= 4 is 11.8 Å². The summed E-state index contributed by atoms with van der Waals surface area (Å²) < 4.78 is 8.31. The maximum atomic E-state index is 12.0. The number of carboxylic acid groups (broad SMARTS) is 1. The number of hydrogen-bond donors (Lipinski definition) is 2. The van der Waals surface area contributed by atoms with E-state index in [-0.39, 0.29) is 11.9 Å². The molecule has 1 aromatic carbocycles. The number of fused-ring (bicyclic) bond motifs is 1. The van der Waals surface area contributed by atoms with Crippen molar-refractivity contribution in [1.29, 1.82) is 5.26 Å². The van der Waals surface area contributed by atoms with E-state index in [0.717, 1.165) is 42.6 Å². The van der Waals surface area contributed by atoms with Gasteiger partial charge in [-0.1, -0.05) is 0 Å². The van der Waals surface area contributed by atoms with Crippen LogP contribution in [0.3, 0.4) is 0 Å². The van der Waals surface area contributed by atoms with Crippen molar-refractivity contribution in [2.45, 2.75) is 44.7 Å². The molecule has 0 bridgehead atoms. The topological polar surface area (TPSA) is 116 Å². The van der Waals surface area contributed by atoms with E-state index in [1.807, 2.05) is 36.1 Å². The van der Waals surface area contributed by atoms with Crippen molar-refractivity contribution in [3.05, 3.63) is 54.0 Å². The van der Waals surface area contributed by atoms with Crippen LogP contribution in [-0.4, -0.2) is 45.1 Å². The van der Waals surface area contributed by atoms with Crippen LogP contribution in [0, 0.1) is 11.3 Å².